The predicted molar refractivity (Wildman–Crippen MR) is 63.0 cm³/mol. The van der Waals surface area contributed by atoms with Crippen LogP contribution in [0.4, 0.5) is 13.2 Å². The quantitative estimate of drug-likeness (QED) is 0.718. The minimum Gasteiger partial charge on any atom is -0.377 e. The van der Waals surface area contributed by atoms with Crippen LogP contribution in [-0.2, 0) is 4.74 Å². The third-order valence-corrected chi connectivity index (χ3v) is 2.62. The monoisotopic (exact) mass is 255 g/mol. The SMILES string of the molecule is CCNC(CCC(F)(F)F)C(OCC)C(C)C. The van der Waals surface area contributed by atoms with E-state index in [0.29, 0.717) is 13.2 Å². The van der Waals surface area contributed by atoms with Crippen molar-refractivity contribution < 1.29 is 17.9 Å². The van der Waals surface area contributed by atoms with Gasteiger partial charge in [0, 0.05) is 19.1 Å². The summed E-state index contributed by atoms with van der Waals surface area (Å²) in [7, 11) is 0. The van der Waals surface area contributed by atoms with Crippen molar-refractivity contribution in [1.29, 1.82) is 0 Å². The van der Waals surface area contributed by atoms with E-state index in [-0.39, 0.29) is 24.5 Å². The maximum Gasteiger partial charge on any atom is 0.389 e. The lowest BCUT2D eigenvalue weighted by atomic mass is 9.95. The largest absolute Gasteiger partial charge is 0.389 e. The standard InChI is InChI=1S/C12H24F3NO/c1-5-16-10(7-8-12(13,14)15)11(9(3)4)17-6-2/h9-11,16H,5-8H2,1-4H3. The van der Waals surface area contributed by atoms with Crippen LogP contribution in [0.3, 0.4) is 0 Å². The normalized spacial score (nSPS) is 16.2. The van der Waals surface area contributed by atoms with Crippen molar-refractivity contribution >= 4 is 0 Å². The first-order valence-electron chi connectivity index (χ1n) is 6.23. The highest BCUT2D eigenvalue weighted by Gasteiger charge is 2.31. The summed E-state index contributed by atoms with van der Waals surface area (Å²) < 4.78 is 42.3. The molecule has 0 aliphatic carbocycles. The topological polar surface area (TPSA) is 21.3 Å². The fourth-order valence-electron chi connectivity index (χ4n) is 1.93. The average molecular weight is 255 g/mol. The van der Waals surface area contributed by atoms with Crippen LogP contribution < -0.4 is 5.32 Å². The predicted octanol–water partition coefficient (Wildman–Crippen LogP) is 3.37. The van der Waals surface area contributed by atoms with Gasteiger partial charge in [-0.25, -0.2) is 0 Å². The van der Waals surface area contributed by atoms with E-state index in [1.54, 1.807) is 0 Å². The lowest BCUT2D eigenvalue weighted by molar-refractivity contribution is -0.139. The number of ether oxygens (including phenoxy) is 1. The highest BCUT2D eigenvalue weighted by molar-refractivity contribution is 4.80. The minimum absolute atomic E-state index is 0.0696. The zero-order chi connectivity index (χ0) is 13.5. The van der Waals surface area contributed by atoms with Gasteiger partial charge in [-0.3, -0.25) is 0 Å². The number of alkyl halides is 3. The van der Waals surface area contributed by atoms with Crippen LogP contribution in [0.2, 0.25) is 0 Å². The van der Waals surface area contributed by atoms with Gasteiger partial charge in [-0.2, -0.15) is 13.2 Å². The van der Waals surface area contributed by atoms with Crippen LogP contribution in [0.5, 0.6) is 0 Å². The van der Waals surface area contributed by atoms with Crippen molar-refractivity contribution in [3.8, 4) is 0 Å². The van der Waals surface area contributed by atoms with Gasteiger partial charge in [0.05, 0.1) is 6.10 Å². The number of rotatable bonds is 8. The fourth-order valence-corrected chi connectivity index (χ4v) is 1.93. The molecule has 0 saturated carbocycles. The van der Waals surface area contributed by atoms with Crippen molar-refractivity contribution in [3.05, 3.63) is 0 Å². The van der Waals surface area contributed by atoms with Gasteiger partial charge < -0.3 is 10.1 Å². The van der Waals surface area contributed by atoms with E-state index < -0.39 is 12.6 Å². The molecular weight excluding hydrogens is 231 g/mol. The first-order chi connectivity index (χ1) is 7.81. The van der Waals surface area contributed by atoms with E-state index in [2.05, 4.69) is 5.32 Å². The van der Waals surface area contributed by atoms with Crippen molar-refractivity contribution in [2.24, 2.45) is 5.92 Å². The van der Waals surface area contributed by atoms with Gasteiger partial charge in [0.1, 0.15) is 0 Å². The first-order valence-corrected chi connectivity index (χ1v) is 6.23. The number of halogens is 3. The van der Waals surface area contributed by atoms with Crippen LogP contribution in [0.15, 0.2) is 0 Å². The number of hydrogen-bond acceptors (Lipinski definition) is 2. The van der Waals surface area contributed by atoms with E-state index in [9.17, 15) is 13.2 Å². The number of likely N-dealkylation sites (N-methyl/N-ethyl adjacent to an activating group) is 1. The summed E-state index contributed by atoms with van der Waals surface area (Å²) in [4.78, 5) is 0. The second kappa shape index (κ2) is 7.93. The molecule has 0 aliphatic heterocycles. The molecular formula is C12H24F3NO. The van der Waals surface area contributed by atoms with Crippen LogP contribution >= 0.6 is 0 Å². The molecule has 0 saturated heterocycles. The van der Waals surface area contributed by atoms with Crippen molar-refractivity contribution in [2.45, 2.75) is 58.9 Å². The molecule has 0 heterocycles. The summed E-state index contributed by atoms with van der Waals surface area (Å²) >= 11 is 0. The average Bonchev–Trinajstić information content (AvgIpc) is 2.19. The van der Waals surface area contributed by atoms with Crippen LogP contribution in [-0.4, -0.2) is 31.5 Å². The Morgan fingerprint density at radius 1 is 1.18 bits per heavy atom. The van der Waals surface area contributed by atoms with Crippen molar-refractivity contribution in [1.82, 2.24) is 5.32 Å². The van der Waals surface area contributed by atoms with E-state index in [1.807, 2.05) is 27.7 Å². The molecule has 0 radical (unpaired) electrons. The zero-order valence-electron chi connectivity index (χ0n) is 11.1. The molecule has 0 aromatic carbocycles. The zero-order valence-corrected chi connectivity index (χ0v) is 11.1. The Balaban J connectivity index is 4.45. The number of nitrogens with one attached hydrogen (secondary N) is 1. The summed E-state index contributed by atoms with van der Waals surface area (Å²) in [6.07, 6.45) is -4.95. The molecule has 104 valence electrons. The molecule has 0 fully saturated rings. The second-order valence-corrected chi connectivity index (χ2v) is 4.48. The molecule has 2 nitrogen and oxygen atoms in total. The lowest BCUT2D eigenvalue weighted by Gasteiger charge is -2.31. The van der Waals surface area contributed by atoms with Gasteiger partial charge in [0.2, 0.25) is 0 Å². The second-order valence-electron chi connectivity index (χ2n) is 4.48. The smallest absolute Gasteiger partial charge is 0.377 e. The highest BCUT2D eigenvalue weighted by atomic mass is 19.4. The first kappa shape index (κ1) is 16.7. The van der Waals surface area contributed by atoms with E-state index in [4.69, 9.17) is 4.74 Å². The molecule has 0 rings (SSSR count). The van der Waals surface area contributed by atoms with Gasteiger partial charge in [0.15, 0.2) is 0 Å². The van der Waals surface area contributed by atoms with E-state index in [1.165, 1.54) is 0 Å². The van der Waals surface area contributed by atoms with Crippen LogP contribution in [0, 0.1) is 5.92 Å². The van der Waals surface area contributed by atoms with Crippen molar-refractivity contribution in [2.75, 3.05) is 13.2 Å². The molecule has 2 unspecified atom stereocenters. The maximum atomic E-state index is 12.2. The Bertz CT molecular complexity index is 195. The van der Waals surface area contributed by atoms with Gasteiger partial charge >= 0.3 is 6.18 Å². The molecule has 0 aliphatic rings. The molecule has 0 amide bonds. The van der Waals surface area contributed by atoms with E-state index in [0.717, 1.165) is 0 Å². The summed E-state index contributed by atoms with van der Waals surface area (Å²) in [5, 5.41) is 3.10. The summed E-state index contributed by atoms with van der Waals surface area (Å²) in [5.41, 5.74) is 0. The molecule has 0 aromatic rings. The lowest BCUT2D eigenvalue weighted by Crippen LogP contribution is -2.44. The van der Waals surface area contributed by atoms with Gasteiger partial charge in [0.25, 0.3) is 0 Å². The Morgan fingerprint density at radius 3 is 2.12 bits per heavy atom. The molecule has 17 heavy (non-hydrogen) atoms. The maximum absolute atomic E-state index is 12.2. The molecule has 5 heteroatoms. The van der Waals surface area contributed by atoms with Crippen LogP contribution in [0.25, 0.3) is 0 Å². The van der Waals surface area contributed by atoms with E-state index >= 15 is 0 Å². The Morgan fingerprint density at radius 2 is 1.76 bits per heavy atom. The summed E-state index contributed by atoms with van der Waals surface area (Å²) in [6, 6.07) is -0.235. The molecule has 0 aromatic heterocycles. The third kappa shape index (κ3) is 7.60. The Kier molecular flexibility index (Phi) is 7.79. The van der Waals surface area contributed by atoms with Gasteiger partial charge in [-0.05, 0) is 25.8 Å². The fraction of sp³-hybridized carbons (Fsp3) is 1.00. The van der Waals surface area contributed by atoms with Gasteiger partial charge in [-0.15, -0.1) is 0 Å². The minimum atomic E-state index is -4.10. The number of hydrogen-bond donors (Lipinski definition) is 1. The molecule has 0 spiro atoms. The van der Waals surface area contributed by atoms with Crippen molar-refractivity contribution in [3.63, 3.8) is 0 Å². The Hall–Kier alpha value is -0.290. The molecule has 1 N–H and O–H groups in total. The summed E-state index contributed by atoms with van der Waals surface area (Å²) in [6.45, 7) is 8.87. The molecule has 0 bridgehead atoms. The third-order valence-electron chi connectivity index (χ3n) is 2.62. The van der Waals surface area contributed by atoms with Crippen LogP contribution in [0.1, 0.15) is 40.5 Å². The van der Waals surface area contributed by atoms with Gasteiger partial charge in [-0.1, -0.05) is 20.8 Å². The summed E-state index contributed by atoms with van der Waals surface area (Å²) in [5.74, 6) is 0.201. The molecule has 2 atom stereocenters. The highest BCUT2D eigenvalue weighted by Crippen LogP contribution is 2.25. The Labute approximate surface area is 102 Å².